The Labute approximate surface area is 121 Å². The minimum Gasteiger partial charge on any atom is -0.487 e. The van der Waals surface area contributed by atoms with Crippen LogP contribution in [0.3, 0.4) is 0 Å². The van der Waals surface area contributed by atoms with Crippen molar-refractivity contribution in [1.29, 1.82) is 0 Å². The molecule has 0 unspecified atom stereocenters. The van der Waals surface area contributed by atoms with Crippen LogP contribution in [0.1, 0.15) is 12.8 Å². The molecule has 21 heavy (non-hydrogen) atoms. The molecular formula is C15H17F2NO3. The number of benzene rings is 1. The van der Waals surface area contributed by atoms with E-state index in [0.717, 1.165) is 12.1 Å². The molecule has 0 atom stereocenters. The molecule has 1 aromatic rings. The van der Waals surface area contributed by atoms with Gasteiger partial charge in [-0.2, -0.15) is 0 Å². The zero-order chi connectivity index (χ0) is 15.4. The Bertz CT molecular complexity index is 540. The number of halogens is 2. The Morgan fingerprint density at radius 1 is 1.38 bits per heavy atom. The average Bonchev–Trinajstić information content (AvgIpc) is 2.43. The second-order valence-electron chi connectivity index (χ2n) is 5.08. The summed E-state index contributed by atoms with van der Waals surface area (Å²) in [7, 11) is 0. The maximum absolute atomic E-state index is 13.5. The molecule has 1 N–H and O–H groups in total. The highest BCUT2D eigenvalue weighted by Gasteiger charge is 2.22. The highest BCUT2D eigenvalue weighted by molar-refractivity contribution is 5.86. The van der Waals surface area contributed by atoms with Gasteiger partial charge in [0.2, 0.25) is 0 Å². The normalized spacial score (nSPS) is 16.7. The molecule has 1 aromatic carbocycles. The molecule has 0 aromatic heterocycles. The summed E-state index contributed by atoms with van der Waals surface area (Å²) in [6, 6.07) is 3.23. The van der Waals surface area contributed by atoms with Gasteiger partial charge in [-0.1, -0.05) is 6.58 Å². The third-order valence-corrected chi connectivity index (χ3v) is 3.44. The summed E-state index contributed by atoms with van der Waals surface area (Å²) in [6.07, 6.45) is 1.16. The highest BCUT2D eigenvalue weighted by Crippen LogP contribution is 2.23. The number of aliphatic carboxylic acids is 1. The Morgan fingerprint density at radius 3 is 2.62 bits per heavy atom. The van der Waals surface area contributed by atoms with Crippen LogP contribution in [0.2, 0.25) is 0 Å². The van der Waals surface area contributed by atoms with E-state index in [-0.39, 0.29) is 17.4 Å². The molecule has 2 rings (SSSR count). The lowest BCUT2D eigenvalue weighted by Crippen LogP contribution is -2.39. The number of piperidine rings is 1. The summed E-state index contributed by atoms with van der Waals surface area (Å²) >= 11 is 0. The van der Waals surface area contributed by atoms with E-state index in [1.807, 2.05) is 4.90 Å². The van der Waals surface area contributed by atoms with E-state index in [0.29, 0.717) is 32.5 Å². The van der Waals surface area contributed by atoms with Crippen LogP contribution in [0, 0.1) is 11.6 Å². The molecule has 0 saturated carbocycles. The molecule has 0 aliphatic carbocycles. The van der Waals surface area contributed by atoms with Crippen molar-refractivity contribution in [2.75, 3.05) is 19.6 Å². The van der Waals surface area contributed by atoms with Crippen LogP contribution >= 0.6 is 0 Å². The first-order valence-electron chi connectivity index (χ1n) is 6.71. The van der Waals surface area contributed by atoms with E-state index in [4.69, 9.17) is 9.84 Å². The number of carbonyl (C=O) groups is 1. The third-order valence-electron chi connectivity index (χ3n) is 3.44. The number of rotatable bonds is 5. The quantitative estimate of drug-likeness (QED) is 0.848. The molecule has 1 heterocycles. The van der Waals surface area contributed by atoms with Gasteiger partial charge in [0.15, 0.2) is 11.6 Å². The Morgan fingerprint density at radius 2 is 2.05 bits per heavy atom. The number of carboxylic acids is 1. The van der Waals surface area contributed by atoms with Crippen molar-refractivity contribution < 1.29 is 23.4 Å². The second-order valence-corrected chi connectivity index (χ2v) is 5.08. The summed E-state index contributed by atoms with van der Waals surface area (Å²) in [4.78, 5) is 12.7. The molecule has 1 aliphatic rings. The van der Waals surface area contributed by atoms with Crippen LogP contribution in [0.4, 0.5) is 8.78 Å². The van der Waals surface area contributed by atoms with Crippen molar-refractivity contribution in [3.8, 4) is 5.75 Å². The Hall–Kier alpha value is -1.95. The van der Waals surface area contributed by atoms with Crippen LogP contribution in [-0.2, 0) is 4.79 Å². The van der Waals surface area contributed by atoms with Crippen molar-refractivity contribution in [2.24, 2.45) is 0 Å². The SMILES string of the molecule is C=C(CN1CCC(Oc2ccc(F)cc2F)CC1)C(=O)O. The molecule has 0 radical (unpaired) electrons. The van der Waals surface area contributed by atoms with E-state index in [1.165, 1.54) is 6.07 Å². The van der Waals surface area contributed by atoms with E-state index in [1.54, 1.807) is 0 Å². The van der Waals surface area contributed by atoms with E-state index in [9.17, 15) is 13.6 Å². The smallest absolute Gasteiger partial charge is 0.332 e. The molecule has 1 saturated heterocycles. The topological polar surface area (TPSA) is 49.8 Å². The predicted octanol–water partition coefficient (Wildman–Crippen LogP) is 2.45. The van der Waals surface area contributed by atoms with Gasteiger partial charge in [0.25, 0.3) is 0 Å². The molecule has 0 bridgehead atoms. The maximum atomic E-state index is 13.5. The van der Waals surface area contributed by atoms with Crippen molar-refractivity contribution in [1.82, 2.24) is 4.90 Å². The zero-order valence-electron chi connectivity index (χ0n) is 11.5. The van der Waals surface area contributed by atoms with E-state index >= 15 is 0 Å². The van der Waals surface area contributed by atoms with E-state index in [2.05, 4.69) is 6.58 Å². The number of hydrogen-bond donors (Lipinski definition) is 1. The van der Waals surface area contributed by atoms with Crippen LogP contribution in [0.25, 0.3) is 0 Å². The summed E-state index contributed by atoms with van der Waals surface area (Å²) in [5.41, 5.74) is 0.152. The van der Waals surface area contributed by atoms with Crippen molar-refractivity contribution >= 4 is 5.97 Å². The molecule has 6 heteroatoms. The fourth-order valence-corrected chi connectivity index (χ4v) is 2.27. The number of hydrogen-bond acceptors (Lipinski definition) is 3. The van der Waals surface area contributed by atoms with E-state index < -0.39 is 17.6 Å². The van der Waals surface area contributed by atoms with Gasteiger partial charge in [0.1, 0.15) is 11.9 Å². The predicted molar refractivity (Wildman–Crippen MR) is 73.2 cm³/mol. The zero-order valence-corrected chi connectivity index (χ0v) is 11.5. The first kappa shape index (κ1) is 15.4. The fourth-order valence-electron chi connectivity index (χ4n) is 2.27. The number of carboxylic acid groups (broad SMARTS) is 1. The summed E-state index contributed by atoms with van der Waals surface area (Å²) in [6.45, 7) is 5.11. The lowest BCUT2D eigenvalue weighted by Gasteiger charge is -2.32. The lowest BCUT2D eigenvalue weighted by molar-refractivity contribution is -0.132. The third kappa shape index (κ3) is 4.26. The maximum Gasteiger partial charge on any atom is 0.332 e. The minimum absolute atomic E-state index is 0.0461. The van der Waals surface area contributed by atoms with Gasteiger partial charge in [-0.3, -0.25) is 4.90 Å². The molecule has 4 nitrogen and oxygen atoms in total. The van der Waals surface area contributed by atoms with Crippen LogP contribution in [0.5, 0.6) is 5.75 Å². The molecule has 0 spiro atoms. The highest BCUT2D eigenvalue weighted by atomic mass is 19.1. The molecule has 1 aliphatic heterocycles. The van der Waals surface area contributed by atoms with Crippen molar-refractivity contribution in [3.05, 3.63) is 42.0 Å². The number of ether oxygens (including phenoxy) is 1. The van der Waals surface area contributed by atoms with Gasteiger partial charge in [-0.05, 0) is 25.0 Å². The monoisotopic (exact) mass is 297 g/mol. The van der Waals surface area contributed by atoms with Gasteiger partial charge in [-0.15, -0.1) is 0 Å². The molecular weight excluding hydrogens is 280 g/mol. The van der Waals surface area contributed by atoms with Gasteiger partial charge < -0.3 is 9.84 Å². The van der Waals surface area contributed by atoms with Crippen molar-refractivity contribution in [3.63, 3.8) is 0 Å². The largest absolute Gasteiger partial charge is 0.487 e. The fraction of sp³-hybridized carbons (Fsp3) is 0.400. The Kier molecular flexibility index (Phi) is 4.90. The first-order valence-corrected chi connectivity index (χ1v) is 6.71. The van der Waals surface area contributed by atoms with Crippen LogP contribution in [-0.4, -0.2) is 41.7 Å². The summed E-state index contributed by atoms with van der Waals surface area (Å²) < 4.78 is 31.8. The lowest BCUT2D eigenvalue weighted by atomic mass is 10.1. The number of nitrogens with zero attached hydrogens (tertiary/aromatic N) is 1. The van der Waals surface area contributed by atoms with Gasteiger partial charge in [0, 0.05) is 31.3 Å². The molecule has 114 valence electrons. The number of likely N-dealkylation sites (tertiary alicyclic amines) is 1. The summed E-state index contributed by atoms with van der Waals surface area (Å²) in [5, 5.41) is 8.79. The van der Waals surface area contributed by atoms with Crippen LogP contribution < -0.4 is 4.74 Å². The van der Waals surface area contributed by atoms with Crippen LogP contribution in [0.15, 0.2) is 30.4 Å². The summed E-state index contributed by atoms with van der Waals surface area (Å²) in [5.74, 6) is -2.30. The standard InChI is InChI=1S/C15H17F2NO3/c1-10(15(19)20)9-18-6-4-12(5-7-18)21-14-3-2-11(16)8-13(14)17/h2-3,8,12H,1,4-7,9H2,(H,19,20). The molecule has 0 amide bonds. The minimum atomic E-state index is -0.998. The average molecular weight is 297 g/mol. The van der Waals surface area contributed by atoms with Gasteiger partial charge >= 0.3 is 5.97 Å². The first-order chi connectivity index (χ1) is 9.95. The molecule has 1 fully saturated rings. The van der Waals surface area contributed by atoms with Crippen molar-refractivity contribution in [2.45, 2.75) is 18.9 Å². The van der Waals surface area contributed by atoms with Gasteiger partial charge in [0.05, 0.1) is 0 Å². The second kappa shape index (κ2) is 6.67. The van der Waals surface area contributed by atoms with Gasteiger partial charge in [-0.25, -0.2) is 13.6 Å². The Balaban J connectivity index is 1.84.